The second kappa shape index (κ2) is 6.79. The number of amides is 1. The molecule has 0 spiro atoms. The summed E-state index contributed by atoms with van der Waals surface area (Å²) in [5, 5.41) is 18.9. The van der Waals surface area contributed by atoms with Crippen molar-refractivity contribution in [3.05, 3.63) is 33.9 Å². The summed E-state index contributed by atoms with van der Waals surface area (Å²) in [6.45, 7) is 0. The van der Waals surface area contributed by atoms with Crippen LogP contribution in [-0.2, 0) is 4.79 Å². The largest absolute Gasteiger partial charge is 0.411 e. The average Bonchev–Trinajstić information content (AvgIpc) is 2.91. The van der Waals surface area contributed by atoms with Gasteiger partial charge >= 0.3 is 0 Å². The van der Waals surface area contributed by atoms with Crippen molar-refractivity contribution in [1.82, 2.24) is 20.5 Å². The Kier molecular flexibility index (Phi) is 5.08. The van der Waals surface area contributed by atoms with E-state index in [4.69, 9.17) is 5.21 Å². The SMILES string of the molecule is CN(C)C=C1C=NNC1=O.O=c1[nH][nH]cc1C=NO. The van der Waals surface area contributed by atoms with Crippen LogP contribution in [0.2, 0.25) is 0 Å². The topological polar surface area (TPSA) is 126 Å². The third-order valence-corrected chi connectivity index (χ3v) is 1.90. The Labute approximate surface area is 108 Å². The molecule has 1 aliphatic rings. The number of hydrogen-bond donors (Lipinski definition) is 4. The van der Waals surface area contributed by atoms with E-state index in [0.29, 0.717) is 11.1 Å². The van der Waals surface area contributed by atoms with Crippen LogP contribution in [0.15, 0.2) is 33.0 Å². The molecular weight excluding hydrogens is 252 g/mol. The van der Waals surface area contributed by atoms with Crippen LogP contribution in [-0.4, -0.2) is 52.7 Å². The first-order chi connectivity index (χ1) is 9.04. The van der Waals surface area contributed by atoms with Crippen LogP contribution < -0.4 is 11.0 Å². The van der Waals surface area contributed by atoms with Crippen molar-refractivity contribution in [2.45, 2.75) is 0 Å². The normalized spacial score (nSPS) is 15.5. The van der Waals surface area contributed by atoms with E-state index < -0.39 is 0 Å². The molecule has 0 bridgehead atoms. The van der Waals surface area contributed by atoms with E-state index in [1.165, 1.54) is 12.4 Å². The lowest BCUT2D eigenvalue weighted by Crippen LogP contribution is -2.14. The Morgan fingerprint density at radius 1 is 1.42 bits per heavy atom. The van der Waals surface area contributed by atoms with Crippen molar-refractivity contribution in [3.63, 3.8) is 0 Å². The smallest absolute Gasteiger partial charge is 0.274 e. The molecule has 0 saturated carbocycles. The van der Waals surface area contributed by atoms with E-state index in [-0.39, 0.29) is 11.5 Å². The molecule has 0 fully saturated rings. The Morgan fingerprint density at radius 3 is 2.58 bits per heavy atom. The van der Waals surface area contributed by atoms with E-state index in [0.717, 1.165) is 6.21 Å². The number of hydrogen-bond acceptors (Lipinski definition) is 6. The summed E-state index contributed by atoms with van der Waals surface area (Å²) in [5.41, 5.74) is 2.90. The maximum atomic E-state index is 10.8. The summed E-state index contributed by atoms with van der Waals surface area (Å²) in [6.07, 6.45) is 5.67. The molecule has 0 unspecified atom stereocenters. The number of carbonyl (C=O) groups is 1. The highest BCUT2D eigenvalue weighted by atomic mass is 16.4. The molecule has 102 valence electrons. The molecule has 0 saturated heterocycles. The zero-order chi connectivity index (χ0) is 14.3. The minimum atomic E-state index is -0.298. The molecule has 1 amide bonds. The predicted molar refractivity (Wildman–Crippen MR) is 69.2 cm³/mol. The van der Waals surface area contributed by atoms with Gasteiger partial charge in [-0.3, -0.25) is 14.7 Å². The number of nitrogens with one attached hydrogen (secondary N) is 3. The molecule has 9 heteroatoms. The molecule has 0 aromatic carbocycles. The molecule has 19 heavy (non-hydrogen) atoms. The fourth-order valence-electron chi connectivity index (χ4n) is 1.13. The molecule has 2 rings (SSSR count). The molecule has 0 atom stereocenters. The second-order valence-corrected chi connectivity index (χ2v) is 3.69. The maximum absolute atomic E-state index is 10.8. The minimum absolute atomic E-state index is 0.145. The van der Waals surface area contributed by atoms with Gasteiger partial charge in [0.15, 0.2) is 0 Å². The Balaban J connectivity index is 0.000000191. The van der Waals surface area contributed by atoms with Gasteiger partial charge in [0.1, 0.15) is 0 Å². The lowest BCUT2D eigenvalue weighted by atomic mass is 10.3. The van der Waals surface area contributed by atoms with Crippen molar-refractivity contribution >= 4 is 18.3 Å². The van der Waals surface area contributed by atoms with Crippen LogP contribution in [0.25, 0.3) is 0 Å². The van der Waals surface area contributed by atoms with Crippen LogP contribution in [0.5, 0.6) is 0 Å². The fourth-order valence-corrected chi connectivity index (χ4v) is 1.13. The molecule has 0 radical (unpaired) electrons. The van der Waals surface area contributed by atoms with Crippen LogP contribution in [0.3, 0.4) is 0 Å². The number of oxime groups is 1. The van der Waals surface area contributed by atoms with Crippen LogP contribution in [0, 0.1) is 0 Å². The first-order valence-corrected chi connectivity index (χ1v) is 5.19. The minimum Gasteiger partial charge on any atom is -0.411 e. The zero-order valence-electron chi connectivity index (χ0n) is 10.4. The van der Waals surface area contributed by atoms with Crippen molar-refractivity contribution in [3.8, 4) is 0 Å². The van der Waals surface area contributed by atoms with Gasteiger partial charge in [0.2, 0.25) is 0 Å². The van der Waals surface area contributed by atoms with E-state index in [1.54, 1.807) is 11.1 Å². The number of nitrogens with zero attached hydrogens (tertiary/aromatic N) is 3. The molecule has 1 aromatic heterocycles. The van der Waals surface area contributed by atoms with E-state index >= 15 is 0 Å². The van der Waals surface area contributed by atoms with Gasteiger partial charge in [-0.05, 0) is 0 Å². The number of hydrazone groups is 1. The summed E-state index contributed by atoms with van der Waals surface area (Å²) >= 11 is 0. The van der Waals surface area contributed by atoms with Gasteiger partial charge in [-0.2, -0.15) is 5.10 Å². The lowest BCUT2D eigenvalue weighted by molar-refractivity contribution is -0.116. The van der Waals surface area contributed by atoms with Crippen molar-refractivity contribution in [1.29, 1.82) is 0 Å². The zero-order valence-corrected chi connectivity index (χ0v) is 10.4. The molecule has 4 N–H and O–H groups in total. The average molecular weight is 266 g/mol. The van der Waals surface area contributed by atoms with Crippen LogP contribution >= 0.6 is 0 Å². The summed E-state index contributed by atoms with van der Waals surface area (Å²) in [7, 11) is 3.71. The highest BCUT2D eigenvalue weighted by Gasteiger charge is 2.11. The first-order valence-electron chi connectivity index (χ1n) is 5.19. The van der Waals surface area contributed by atoms with Crippen LogP contribution in [0.4, 0.5) is 0 Å². The third kappa shape index (κ3) is 4.50. The monoisotopic (exact) mass is 266 g/mol. The fraction of sp³-hybridized carbons (Fsp3) is 0.200. The van der Waals surface area contributed by atoms with E-state index in [2.05, 4.69) is 25.9 Å². The summed E-state index contributed by atoms with van der Waals surface area (Å²) < 4.78 is 0. The van der Waals surface area contributed by atoms with Crippen LogP contribution in [0.1, 0.15) is 5.56 Å². The van der Waals surface area contributed by atoms with Gasteiger partial charge in [0, 0.05) is 26.5 Å². The predicted octanol–water partition coefficient (Wildman–Crippen LogP) is -0.941. The highest BCUT2D eigenvalue weighted by molar-refractivity contribution is 6.15. The first kappa shape index (κ1) is 14.2. The maximum Gasteiger partial charge on any atom is 0.274 e. The number of aromatic amines is 2. The van der Waals surface area contributed by atoms with E-state index in [9.17, 15) is 9.59 Å². The number of carbonyl (C=O) groups excluding carboxylic acids is 1. The summed E-state index contributed by atoms with van der Waals surface area (Å²) in [4.78, 5) is 23.1. The highest BCUT2D eigenvalue weighted by Crippen LogP contribution is 1.96. The van der Waals surface area contributed by atoms with Gasteiger partial charge < -0.3 is 15.2 Å². The molecule has 2 heterocycles. The second-order valence-electron chi connectivity index (χ2n) is 3.69. The number of H-pyrrole nitrogens is 2. The number of rotatable bonds is 2. The lowest BCUT2D eigenvalue weighted by Gasteiger charge is -2.03. The standard InChI is InChI=1S/C6H9N3O.C4H5N3O2/c1-9(2)4-5-3-7-8-6(5)10;8-4-3(2-6-9)1-5-7-4/h3-4H,1-2H3,(H,8,10);1-2,9H,(H2,5,7,8). The third-order valence-electron chi connectivity index (χ3n) is 1.90. The molecule has 9 nitrogen and oxygen atoms in total. The van der Waals surface area contributed by atoms with Gasteiger partial charge in [-0.25, -0.2) is 5.43 Å². The number of aromatic nitrogens is 2. The van der Waals surface area contributed by atoms with Gasteiger partial charge in [-0.1, -0.05) is 5.16 Å². The summed E-state index contributed by atoms with van der Waals surface area (Å²) in [6, 6.07) is 0. The van der Waals surface area contributed by atoms with Crippen molar-refractivity contribution < 1.29 is 10.0 Å². The Morgan fingerprint density at radius 2 is 2.16 bits per heavy atom. The van der Waals surface area contributed by atoms with Gasteiger partial charge in [-0.15, -0.1) is 0 Å². The Bertz CT molecular complexity index is 566. The molecule has 1 aromatic rings. The van der Waals surface area contributed by atoms with Crippen molar-refractivity contribution in [2.75, 3.05) is 14.1 Å². The molecule has 1 aliphatic heterocycles. The molecular formula is C10H14N6O3. The summed E-state index contributed by atoms with van der Waals surface area (Å²) in [5.74, 6) is -0.145. The quantitative estimate of drug-likeness (QED) is 0.238. The van der Waals surface area contributed by atoms with Gasteiger partial charge in [0.25, 0.3) is 11.5 Å². The van der Waals surface area contributed by atoms with Crippen molar-refractivity contribution in [2.24, 2.45) is 10.3 Å². The van der Waals surface area contributed by atoms with Gasteiger partial charge in [0.05, 0.1) is 23.6 Å². The van der Waals surface area contributed by atoms with E-state index in [1.807, 2.05) is 14.1 Å². The molecule has 0 aliphatic carbocycles. The Hall–Kier alpha value is -2.84.